The molecular formula is C21H28ClN5O4. The Morgan fingerprint density at radius 1 is 1.19 bits per heavy atom. The number of nitrogens with zero attached hydrogens (tertiary/aromatic N) is 2. The van der Waals surface area contributed by atoms with Gasteiger partial charge in [-0.2, -0.15) is 0 Å². The number of nitrogens with one attached hydrogen (secondary N) is 2. The van der Waals surface area contributed by atoms with Gasteiger partial charge < -0.3 is 25.8 Å². The number of hydrogen-bond donors (Lipinski definition) is 3. The van der Waals surface area contributed by atoms with E-state index < -0.39 is 17.6 Å². The Hall–Kier alpha value is -3.07. The van der Waals surface area contributed by atoms with Crippen LogP contribution in [0.5, 0.6) is 5.75 Å². The number of carbonyl (C=O) groups excluding carboxylic acids is 2. The Labute approximate surface area is 186 Å². The summed E-state index contributed by atoms with van der Waals surface area (Å²) in [6.45, 7) is 7.62. The van der Waals surface area contributed by atoms with Gasteiger partial charge in [0.15, 0.2) is 16.7 Å². The van der Waals surface area contributed by atoms with Crippen molar-refractivity contribution >= 4 is 35.1 Å². The van der Waals surface area contributed by atoms with Crippen LogP contribution in [-0.2, 0) is 17.6 Å². The molecule has 0 aliphatic rings. The molecule has 0 aliphatic carbocycles. The molecule has 0 radical (unpaired) electrons. The summed E-state index contributed by atoms with van der Waals surface area (Å²) in [5, 5.41) is 5.95. The van der Waals surface area contributed by atoms with Crippen molar-refractivity contribution in [2.45, 2.75) is 46.1 Å². The van der Waals surface area contributed by atoms with Crippen molar-refractivity contribution < 1.29 is 19.1 Å². The zero-order chi connectivity index (χ0) is 23.2. The van der Waals surface area contributed by atoms with Gasteiger partial charge >= 0.3 is 6.09 Å². The summed E-state index contributed by atoms with van der Waals surface area (Å²) in [5.74, 6) is 0.0222. The minimum atomic E-state index is -0.717. The van der Waals surface area contributed by atoms with Gasteiger partial charge in [0, 0.05) is 18.3 Å². The number of benzene rings is 1. The highest BCUT2D eigenvalue weighted by atomic mass is 35.5. The van der Waals surface area contributed by atoms with E-state index in [1.165, 1.54) is 0 Å². The molecule has 2 rings (SSSR count). The molecular weight excluding hydrogens is 422 g/mol. The third kappa shape index (κ3) is 7.29. The molecule has 0 saturated carbocycles. The first-order valence-electron chi connectivity index (χ1n) is 9.80. The monoisotopic (exact) mass is 449 g/mol. The molecule has 31 heavy (non-hydrogen) atoms. The summed E-state index contributed by atoms with van der Waals surface area (Å²) in [6.07, 6.45) is 0.552. The van der Waals surface area contributed by atoms with E-state index in [0.29, 0.717) is 36.5 Å². The average Bonchev–Trinajstić information content (AvgIpc) is 2.66. The highest BCUT2D eigenvalue weighted by Crippen LogP contribution is 2.26. The third-order valence-corrected chi connectivity index (χ3v) is 4.34. The maximum absolute atomic E-state index is 11.8. The summed E-state index contributed by atoms with van der Waals surface area (Å²) in [5.41, 5.74) is 6.86. The van der Waals surface area contributed by atoms with Gasteiger partial charge in [0.05, 0.1) is 12.8 Å². The van der Waals surface area contributed by atoms with Gasteiger partial charge in [-0.05, 0) is 51.3 Å². The predicted octanol–water partition coefficient (Wildman–Crippen LogP) is 3.61. The van der Waals surface area contributed by atoms with E-state index in [0.717, 1.165) is 5.56 Å². The van der Waals surface area contributed by atoms with Crippen molar-refractivity contribution in [3.63, 3.8) is 0 Å². The van der Waals surface area contributed by atoms with Crippen LogP contribution in [0.15, 0.2) is 18.2 Å². The predicted molar refractivity (Wildman–Crippen MR) is 119 cm³/mol. The van der Waals surface area contributed by atoms with Crippen LogP contribution >= 0.6 is 11.6 Å². The van der Waals surface area contributed by atoms with Crippen molar-refractivity contribution in [3.05, 3.63) is 40.3 Å². The quantitative estimate of drug-likeness (QED) is 0.561. The summed E-state index contributed by atoms with van der Waals surface area (Å²) in [4.78, 5) is 32.1. The largest absolute Gasteiger partial charge is 0.497 e. The molecule has 0 fully saturated rings. The van der Waals surface area contributed by atoms with Crippen LogP contribution in [-0.4, -0.2) is 41.2 Å². The molecule has 0 saturated heterocycles. The van der Waals surface area contributed by atoms with Gasteiger partial charge in [-0.3, -0.25) is 4.79 Å². The second-order valence-corrected chi connectivity index (χ2v) is 8.11. The number of halogens is 1. The van der Waals surface area contributed by atoms with Crippen molar-refractivity contribution in [1.29, 1.82) is 0 Å². The van der Waals surface area contributed by atoms with Crippen LogP contribution in [0, 0.1) is 0 Å². The van der Waals surface area contributed by atoms with Gasteiger partial charge in [0.1, 0.15) is 11.4 Å². The maximum atomic E-state index is 11.8. The number of carbonyl (C=O) groups is 2. The van der Waals surface area contributed by atoms with E-state index in [1.54, 1.807) is 33.9 Å². The highest BCUT2D eigenvalue weighted by Gasteiger charge is 2.17. The number of alkyl carbamates (subject to hydrolysis) is 1. The number of rotatable bonds is 8. The summed E-state index contributed by atoms with van der Waals surface area (Å²) < 4.78 is 10.6. The van der Waals surface area contributed by atoms with Gasteiger partial charge in [0.25, 0.3) is 5.91 Å². The third-order valence-electron chi connectivity index (χ3n) is 4.03. The fraction of sp³-hybridized carbons (Fsp3) is 0.429. The molecule has 4 N–H and O–H groups in total. The average molecular weight is 450 g/mol. The number of aromatic nitrogens is 2. The van der Waals surface area contributed by atoms with Crippen LogP contribution in [0.25, 0.3) is 0 Å². The minimum Gasteiger partial charge on any atom is -0.497 e. The molecule has 1 aromatic heterocycles. The van der Waals surface area contributed by atoms with Crippen molar-refractivity contribution in [1.82, 2.24) is 15.3 Å². The smallest absolute Gasteiger partial charge is 0.407 e. The Balaban J connectivity index is 2.20. The van der Waals surface area contributed by atoms with Crippen molar-refractivity contribution in [3.8, 4) is 5.75 Å². The maximum Gasteiger partial charge on any atom is 0.407 e. The molecule has 0 spiro atoms. The lowest BCUT2D eigenvalue weighted by Crippen LogP contribution is -2.33. The number of nitrogens with two attached hydrogens (primary N) is 1. The lowest BCUT2D eigenvalue weighted by Gasteiger charge is -2.19. The summed E-state index contributed by atoms with van der Waals surface area (Å²) in [7, 11) is 1.55. The Morgan fingerprint density at radius 3 is 2.48 bits per heavy atom. The van der Waals surface area contributed by atoms with Crippen LogP contribution in [0.1, 0.15) is 49.4 Å². The molecule has 2 amide bonds. The van der Waals surface area contributed by atoms with Gasteiger partial charge in [-0.25, -0.2) is 14.8 Å². The Morgan fingerprint density at radius 2 is 1.90 bits per heavy atom. The second-order valence-electron chi connectivity index (χ2n) is 7.75. The summed E-state index contributed by atoms with van der Waals surface area (Å²) >= 11 is 6.16. The molecule has 0 unspecified atom stereocenters. The van der Waals surface area contributed by atoms with E-state index in [4.69, 9.17) is 26.8 Å². The molecule has 1 aromatic carbocycles. The van der Waals surface area contributed by atoms with Crippen LogP contribution in [0.4, 0.5) is 16.3 Å². The van der Waals surface area contributed by atoms with E-state index in [2.05, 4.69) is 20.6 Å². The van der Waals surface area contributed by atoms with Crippen LogP contribution in [0.3, 0.4) is 0 Å². The Bertz CT molecular complexity index is 960. The fourth-order valence-corrected chi connectivity index (χ4v) is 2.95. The minimum absolute atomic E-state index is 0.00258. The lowest BCUT2D eigenvalue weighted by molar-refractivity contribution is 0.0528. The molecule has 1 heterocycles. The topological polar surface area (TPSA) is 128 Å². The normalized spacial score (nSPS) is 11.0. The van der Waals surface area contributed by atoms with Gasteiger partial charge in [0.2, 0.25) is 0 Å². The number of hydrogen-bond acceptors (Lipinski definition) is 7. The van der Waals surface area contributed by atoms with Crippen LogP contribution < -0.4 is 21.1 Å². The highest BCUT2D eigenvalue weighted by molar-refractivity contribution is 6.30. The van der Waals surface area contributed by atoms with Crippen molar-refractivity contribution in [2.24, 2.45) is 5.73 Å². The SMILES string of the molecule is CCc1nc(C(N)=O)c(Nc2cc(CCNC(=O)OC(C)(C)C)cc(OC)c2)nc1Cl. The van der Waals surface area contributed by atoms with Crippen molar-refractivity contribution in [2.75, 3.05) is 19.0 Å². The number of aryl methyl sites for hydroxylation is 1. The molecule has 2 aromatic rings. The van der Waals surface area contributed by atoms with Gasteiger partial charge in [-0.1, -0.05) is 18.5 Å². The van der Waals surface area contributed by atoms with E-state index in [-0.39, 0.29) is 16.7 Å². The zero-order valence-electron chi connectivity index (χ0n) is 18.3. The first kappa shape index (κ1) is 24.2. The number of ether oxygens (including phenoxy) is 2. The second kappa shape index (κ2) is 10.3. The lowest BCUT2D eigenvalue weighted by atomic mass is 10.1. The van der Waals surface area contributed by atoms with E-state index in [9.17, 15) is 9.59 Å². The number of amides is 2. The first-order valence-corrected chi connectivity index (χ1v) is 10.2. The fourth-order valence-electron chi connectivity index (χ4n) is 2.69. The number of methoxy groups -OCH3 is 1. The summed E-state index contributed by atoms with van der Waals surface area (Å²) in [6, 6.07) is 5.42. The molecule has 0 bridgehead atoms. The van der Waals surface area contributed by atoms with E-state index in [1.807, 2.05) is 19.1 Å². The molecule has 10 heteroatoms. The molecule has 9 nitrogen and oxygen atoms in total. The molecule has 0 aliphatic heterocycles. The first-order chi connectivity index (χ1) is 14.5. The number of primary amides is 1. The Kier molecular flexibility index (Phi) is 8.04. The molecule has 168 valence electrons. The molecule has 0 atom stereocenters. The van der Waals surface area contributed by atoms with E-state index >= 15 is 0 Å². The number of anilines is 2. The van der Waals surface area contributed by atoms with Gasteiger partial charge in [-0.15, -0.1) is 0 Å². The standard InChI is InChI=1S/C21H28ClN5O4/c1-6-15-17(22)27-19(16(26-15)18(23)28)25-13-9-12(10-14(11-13)30-5)7-8-24-20(29)31-21(2,3)4/h9-11H,6-8H2,1-5H3,(H2,23,28)(H,24,29)(H,25,27). The van der Waals surface area contributed by atoms with Crippen LogP contribution in [0.2, 0.25) is 5.15 Å². The zero-order valence-corrected chi connectivity index (χ0v) is 19.1.